The molecule has 1 amide bonds. The second-order valence-electron chi connectivity index (χ2n) is 4.77. The van der Waals surface area contributed by atoms with E-state index < -0.39 is 5.91 Å². The summed E-state index contributed by atoms with van der Waals surface area (Å²) in [6.45, 7) is 4.01. The third-order valence-corrected chi connectivity index (χ3v) is 3.45. The first-order chi connectivity index (χ1) is 9.38. The molecule has 0 bridgehead atoms. The van der Waals surface area contributed by atoms with Crippen LogP contribution < -0.4 is 11.1 Å². The number of nitrogens with zero attached hydrogens (tertiary/aromatic N) is 2. The Bertz CT molecular complexity index is 651. The maximum Gasteiger partial charge on any atom is 0.250 e. The Morgan fingerprint density at radius 2 is 2.20 bits per heavy atom. The monoisotopic (exact) mass is 292 g/mol. The molecule has 0 saturated carbocycles. The summed E-state index contributed by atoms with van der Waals surface area (Å²) in [4.78, 5) is 11.1. The number of halogens is 1. The van der Waals surface area contributed by atoms with Crippen LogP contribution in [0.2, 0.25) is 5.02 Å². The van der Waals surface area contributed by atoms with Gasteiger partial charge in [-0.1, -0.05) is 11.6 Å². The van der Waals surface area contributed by atoms with E-state index in [4.69, 9.17) is 17.3 Å². The number of hydrogen-bond acceptors (Lipinski definition) is 3. The highest BCUT2D eigenvalue weighted by Gasteiger charge is 2.13. The number of amides is 1. The quantitative estimate of drug-likeness (QED) is 0.910. The van der Waals surface area contributed by atoms with Gasteiger partial charge in [0, 0.05) is 24.5 Å². The lowest BCUT2D eigenvalue weighted by molar-refractivity contribution is 0.100. The van der Waals surface area contributed by atoms with Crippen molar-refractivity contribution in [1.29, 1.82) is 0 Å². The Morgan fingerprint density at radius 3 is 2.70 bits per heavy atom. The van der Waals surface area contributed by atoms with Crippen molar-refractivity contribution in [2.45, 2.75) is 19.9 Å². The highest BCUT2D eigenvalue weighted by atomic mass is 35.5. The molecular formula is C14H17ClN4O. The number of hydrogen-bond donors (Lipinski definition) is 2. The van der Waals surface area contributed by atoms with E-state index in [9.17, 15) is 4.79 Å². The fourth-order valence-electron chi connectivity index (χ4n) is 2.18. The Labute approximate surface area is 122 Å². The third kappa shape index (κ3) is 2.93. The zero-order valence-corrected chi connectivity index (χ0v) is 12.4. The van der Waals surface area contributed by atoms with Crippen molar-refractivity contribution in [3.63, 3.8) is 0 Å². The maximum absolute atomic E-state index is 11.1. The van der Waals surface area contributed by atoms with Crippen molar-refractivity contribution in [3.8, 4) is 0 Å². The van der Waals surface area contributed by atoms with E-state index >= 15 is 0 Å². The number of aromatic nitrogens is 2. The second-order valence-corrected chi connectivity index (χ2v) is 5.18. The Hall–Kier alpha value is -2.01. The lowest BCUT2D eigenvalue weighted by atomic mass is 10.1. The SMILES string of the molecule is Cc1nn(C)cc1C(C)Nc1ccc(C(N)=O)c(Cl)c1. The summed E-state index contributed by atoms with van der Waals surface area (Å²) in [6, 6.07) is 5.19. The molecule has 1 unspecified atom stereocenters. The van der Waals surface area contributed by atoms with Crippen LogP contribution in [0.5, 0.6) is 0 Å². The van der Waals surface area contributed by atoms with Gasteiger partial charge >= 0.3 is 0 Å². The molecule has 0 aliphatic carbocycles. The minimum atomic E-state index is -0.530. The van der Waals surface area contributed by atoms with Crippen molar-refractivity contribution < 1.29 is 4.79 Å². The molecule has 2 aromatic rings. The summed E-state index contributed by atoms with van der Waals surface area (Å²) in [6.07, 6.45) is 1.98. The molecule has 0 fully saturated rings. The van der Waals surface area contributed by atoms with Gasteiger partial charge in [0.25, 0.3) is 0 Å². The molecule has 1 aromatic heterocycles. The van der Waals surface area contributed by atoms with Gasteiger partial charge in [0.1, 0.15) is 0 Å². The standard InChI is InChI=1S/C14H17ClN4O/c1-8(12-7-19(3)18-9(12)2)17-10-4-5-11(14(16)20)13(15)6-10/h4-8,17H,1-3H3,(H2,16,20). The van der Waals surface area contributed by atoms with Gasteiger partial charge in [-0.3, -0.25) is 9.48 Å². The molecule has 106 valence electrons. The van der Waals surface area contributed by atoms with Gasteiger partial charge < -0.3 is 11.1 Å². The van der Waals surface area contributed by atoms with Crippen LogP contribution in [0.1, 0.15) is 34.6 Å². The molecular weight excluding hydrogens is 276 g/mol. The van der Waals surface area contributed by atoms with Crippen molar-refractivity contribution in [3.05, 3.63) is 46.2 Å². The summed E-state index contributed by atoms with van der Waals surface area (Å²) >= 11 is 6.03. The van der Waals surface area contributed by atoms with Crippen LogP contribution in [0.15, 0.2) is 24.4 Å². The molecule has 3 N–H and O–H groups in total. The highest BCUT2D eigenvalue weighted by molar-refractivity contribution is 6.34. The first kappa shape index (κ1) is 14.4. The van der Waals surface area contributed by atoms with Crippen molar-refractivity contribution in [1.82, 2.24) is 9.78 Å². The molecule has 0 spiro atoms. The zero-order chi connectivity index (χ0) is 14.9. The lowest BCUT2D eigenvalue weighted by Gasteiger charge is -2.15. The lowest BCUT2D eigenvalue weighted by Crippen LogP contribution is -2.12. The first-order valence-electron chi connectivity index (χ1n) is 6.24. The minimum Gasteiger partial charge on any atom is -0.378 e. The van der Waals surface area contributed by atoms with E-state index in [1.54, 1.807) is 22.9 Å². The van der Waals surface area contributed by atoms with Crippen LogP contribution in [-0.2, 0) is 7.05 Å². The van der Waals surface area contributed by atoms with Crippen molar-refractivity contribution in [2.24, 2.45) is 12.8 Å². The van der Waals surface area contributed by atoms with E-state index in [2.05, 4.69) is 10.4 Å². The molecule has 20 heavy (non-hydrogen) atoms. The number of carbonyl (C=O) groups excluding carboxylic acids is 1. The topological polar surface area (TPSA) is 72.9 Å². The number of carbonyl (C=O) groups is 1. The Balaban J connectivity index is 2.20. The summed E-state index contributed by atoms with van der Waals surface area (Å²) in [5.41, 5.74) is 8.47. The van der Waals surface area contributed by atoms with E-state index in [1.165, 1.54) is 0 Å². The van der Waals surface area contributed by atoms with Gasteiger partial charge in [-0.05, 0) is 32.0 Å². The third-order valence-electron chi connectivity index (χ3n) is 3.14. The number of nitrogens with two attached hydrogens (primary N) is 1. The number of nitrogens with one attached hydrogen (secondary N) is 1. The average molecular weight is 293 g/mol. The molecule has 2 rings (SSSR count). The second kappa shape index (κ2) is 5.54. The largest absolute Gasteiger partial charge is 0.378 e. The van der Waals surface area contributed by atoms with Crippen molar-refractivity contribution >= 4 is 23.2 Å². The predicted octanol–water partition coefficient (Wildman–Crippen LogP) is 2.65. The fourth-order valence-corrected chi connectivity index (χ4v) is 2.45. The highest BCUT2D eigenvalue weighted by Crippen LogP contribution is 2.25. The molecule has 6 heteroatoms. The summed E-state index contributed by atoms with van der Waals surface area (Å²) < 4.78 is 1.78. The number of benzene rings is 1. The Morgan fingerprint density at radius 1 is 1.50 bits per heavy atom. The molecule has 0 aliphatic rings. The van der Waals surface area contributed by atoms with Crippen LogP contribution >= 0.6 is 11.6 Å². The number of anilines is 1. The number of primary amides is 1. The van der Waals surface area contributed by atoms with Gasteiger partial charge in [-0.2, -0.15) is 5.10 Å². The fraction of sp³-hybridized carbons (Fsp3) is 0.286. The van der Waals surface area contributed by atoms with Gasteiger partial charge in [0.15, 0.2) is 0 Å². The van der Waals surface area contributed by atoms with Gasteiger partial charge in [-0.15, -0.1) is 0 Å². The van der Waals surface area contributed by atoms with Gasteiger partial charge in [0.2, 0.25) is 5.91 Å². The molecule has 0 saturated heterocycles. The molecule has 1 heterocycles. The number of rotatable bonds is 4. The molecule has 0 radical (unpaired) electrons. The smallest absolute Gasteiger partial charge is 0.250 e. The Kier molecular flexibility index (Phi) is 3.99. The minimum absolute atomic E-state index is 0.0826. The van der Waals surface area contributed by atoms with E-state index in [1.807, 2.05) is 27.1 Å². The van der Waals surface area contributed by atoms with E-state index in [0.717, 1.165) is 16.9 Å². The summed E-state index contributed by atoms with van der Waals surface area (Å²) in [5, 5.41) is 7.99. The number of aryl methyl sites for hydroxylation is 2. The molecule has 5 nitrogen and oxygen atoms in total. The van der Waals surface area contributed by atoms with Crippen LogP contribution in [0, 0.1) is 6.92 Å². The molecule has 1 aromatic carbocycles. The van der Waals surface area contributed by atoms with Crippen LogP contribution in [-0.4, -0.2) is 15.7 Å². The van der Waals surface area contributed by atoms with Crippen LogP contribution in [0.3, 0.4) is 0 Å². The van der Waals surface area contributed by atoms with Crippen molar-refractivity contribution in [2.75, 3.05) is 5.32 Å². The average Bonchev–Trinajstić information content (AvgIpc) is 2.68. The maximum atomic E-state index is 11.1. The van der Waals surface area contributed by atoms with E-state index in [0.29, 0.717) is 10.6 Å². The normalized spacial score (nSPS) is 12.2. The van der Waals surface area contributed by atoms with Crippen LogP contribution in [0.4, 0.5) is 5.69 Å². The zero-order valence-electron chi connectivity index (χ0n) is 11.6. The van der Waals surface area contributed by atoms with Gasteiger partial charge in [-0.25, -0.2) is 0 Å². The molecule has 1 atom stereocenters. The first-order valence-corrected chi connectivity index (χ1v) is 6.62. The van der Waals surface area contributed by atoms with Crippen LogP contribution in [0.25, 0.3) is 0 Å². The summed E-state index contributed by atoms with van der Waals surface area (Å²) in [5.74, 6) is -0.530. The van der Waals surface area contributed by atoms with E-state index in [-0.39, 0.29) is 6.04 Å². The predicted molar refractivity (Wildman–Crippen MR) is 80.0 cm³/mol. The molecule has 0 aliphatic heterocycles. The van der Waals surface area contributed by atoms with Gasteiger partial charge in [0.05, 0.1) is 22.3 Å². The summed E-state index contributed by atoms with van der Waals surface area (Å²) in [7, 11) is 1.89.